The van der Waals surface area contributed by atoms with E-state index >= 15 is 0 Å². The number of likely N-dealkylation sites (tertiary alicyclic amines) is 1. The Morgan fingerprint density at radius 1 is 0.903 bits per heavy atom. The third kappa shape index (κ3) is 4.08. The molecule has 5 rings (SSSR count). The first-order valence-corrected chi connectivity index (χ1v) is 11.0. The van der Waals surface area contributed by atoms with Gasteiger partial charge in [0, 0.05) is 38.2 Å². The summed E-state index contributed by atoms with van der Waals surface area (Å²) in [5.74, 6) is 0. The molecule has 4 nitrogen and oxygen atoms in total. The number of benzene rings is 3. The van der Waals surface area contributed by atoms with Gasteiger partial charge in [-0.2, -0.15) is 0 Å². The largest absolute Gasteiger partial charge is 0.441 e. The molecule has 0 bridgehead atoms. The molecule has 0 atom stereocenters. The summed E-state index contributed by atoms with van der Waals surface area (Å²) in [6, 6.07) is 27.2. The zero-order valence-corrected chi connectivity index (χ0v) is 18.0. The van der Waals surface area contributed by atoms with Crippen LogP contribution in [0.25, 0.3) is 11.1 Å². The summed E-state index contributed by atoms with van der Waals surface area (Å²) >= 11 is 0. The molecule has 0 N–H and O–H groups in total. The Bertz CT molecular complexity index is 1060. The maximum atomic E-state index is 12.5. The number of rotatable bonds is 4. The van der Waals surface area contributed by atoms with Crippen LogP contribution in [0.1, 0.15) is 24.0 Å². The van der Waals surface area contributed by atoms with E-state index in [0.717, 1.165) is 38.2 Å². The fraction of sp³-hybridized carbons (Fsp3) is 0.296. The highest BCUT2D eigenvalue weighted by atomic mass is 16.6. The van der Waals surface area contributed by atoms with E-state index in [1.165, 1.54) is 22.3 Å². The molecule has 2 aliphatic rings. The number of para-hydroxylation sites is 1. The second-order valence-corrected chi connectivity index (χ2v) is 8.76. The molecule has 0 aromatic heterocycles. The van der Waals surface area contributed by atoms with Gasteiger partial charge in [0.25, 0.3) is 0 Å². The van der Waals surface area contributed by atoms with Gasteiger partial charge in [0.1, 0.15) is 5.60 Å². The summed E-state index contributed by atoms with van der Waals surface area (Å²) in [6.45, 7) is 5.65. The van der Waals surface area contributed by atoms with Crippen molar-refractivity contribution in [2.75, 3.05) is 24.5 Å². The second-order valence-electron chi connectivity index (χ2n) is 8.76. The number of hydrogen-bond donors (Lipinski definition) is 0. The smallest absolute Gasteiger partial charge is 0.415 e. The summed E-state index contributed by atoms with van der Waals surface area (Å²) in [5, 5.41) is 0. The fourth-order valence-electron chi connectivity index (χ4n) is 4.83. The van der Waals surface area contributed by atoms with Crippen molar-refractivity contribution in [3.8, 4) is 11.1 Å². The minimum atomic E-state index is -0.351. The van der Waals surface area contributed by atoms with Crippen molar-refractivity contribution in [2.24, 2.45) is 0 Å². The number of ether oxygens (including phenoxy) is 1. The van der Waals surface area contributed by atoms with Crippen LogP contribution in [-0.4, -0.2) is 36.2 Å². The monoisotopic (exact) mass is 412 g/mol. The number of hydrogen-bond acceptors (Lipinski definition) is 3. The summed E-state index contributed by atoms with van der Waals surface area (Å²) in [6.07, 6.45) is 1.54. The lowest BCUT2D eigenvalue weighted by atomic mass is 9.90. The SMILES string of the molecule is Cc1cc(CN2CCC3(CC2)CN(c2ccccc2)C(=O)O3)ccc1-c1ccccc1. The van der Waals surface area contributed by atoms with E-state index in [0.29, 0.717) is 6.54 Å². The molecule has 0 aliphatic carbocycles. The fourth-order valence-corrected chi connectivity index (χ4v) is 4.83. The minimum Gasteiger partial charge on any atom is -0.441 e. The molecule has 2 aliphatic heterocycles. The first kappa shape index (κ1) is 19.8. The van der Waals surface area contributed by atoms with Crippen molar-refractivity contribution >= 4 is 11.8 Å². The second kappa shape index (κ2) is 8.20. The van der Waals surface area contributed by atoms with Gasteiger partial charge in [0.05, 0.1) is 6.54 Å². The summed E-state index contributed by atoms with van der Waals surface area (Å²) in [4.78, 5) is 16.7. The molecule has 158 valence electrons. The lowest BCUT2D eigenvalue weighted by molar-refractivity contribution is -0.000974. The Balaban J connectivity index is 1.22. The average molecular weight is 413 g/mol. The highest BCUT2D eigenvalue weighted by Gasteiger charge is 2.47. The molecule has 2 fully saturated rings. The van der Waals surface area contributed by atoms with Crippen LogP contribution in [0, 0.1) is 6.92 Å². The van der Waals surface area contributed by atoms with E-state index < -0.39 is 0 Å². The number of carbonyl (C=O) groups excluding carboxylic acids is 1. The first-order valence-electron chi connectivity index (χ1n) is 11.0. The van der Waals surface area contributed by atoms with Gasteiger partial charge in [-0.05, 0) is 41.3 Å². The van der Waals surface area contributed by atoms with Crippen molar-refractivity contribution < 1.29 is 9.53 Å². The zero-order valence-electron chi connectivity index (χ0n) is 18.0. The van der Waals surface area contributed by atoms with Crippen molar-refractivity contribution in [1.29, 1.82) is 0 Å². The topological polar surface area (TPSA) is 32.8 Å². The lowest BCUT2D eigenvalue weighted by Crippen LogP contribution is -2.46. The van der Waals surface area contributed by atoms with E-state index in [4.69, 9.17) is 4.74 Å². The van der Waals surface area contributed by atoms with E-state index in [9.17, 15) is 4.79 Å². The molecular weight excluding hydrogens is 384 g/mol. The maximum absolute atomic E-state index is 12.5. The summed E-state index contributed by atoms with van der Waals surface area (Å²) in [7, 11) is 0. The van der Waals surface area contributed by atoms with Crippen LogP contribution < -0.4 is 4.90 Å². The van der Waals surface area contributed by atoms with E-state index in [2.05, 4.69) is 60.4 Å². The molecule has 0 unspecified atom stereocenters. The highest BCUT2D eigenvalue weighted by Crippen LogP contribution is 2.36. The Hall–Kier alpha value is -3.11. The van der Waals surface area contributed by atoms with Crippen molar-refractivity contribution in [3.63, 3.8) is 0 Å². The third-order valence-electron chi connectivity index (χ3n) is 6.59. The van der Waals surface area contributed by atoms with E-state index in [1.807, 2.05) is 30.3 Å². The van der Waals surface area contributed by atoms with Gasteiger partial charge in [-0.25, -0.2) is 4.79 Å². The van der Waals surface area contributed by atoms with Crippen LogP contribution >= 0.6 is 0 Å². The lowest BCUT2D eigenvalue weighted by Gasteiger charge is -2.37. The third-order valence-corrected chi connectivity index (χ3v) is 6.59. The van der Waals surface area contributed by atoms with Gasteiger partial charge in [0.2, 0.25) is 0 Å². The Morgan fingerprint density at radius 2 is 1.58 bits per heavy atom. The molecule has 3 aromatic carbocycles. The molecule has 0 radical (unpaired) electrons. The Morgan fingerprint density at radius 3 is 2.26 bits per heavy atom. The first-order chi connectivity index (χ1) is 15.1. The number of amides is 1. The standard InChI is InChI=1S/C27H28N2O2/c1-21-18-22(12-13-25(21)23-8-4-2-5-9-23)19-28-16-14-27(15-17-28)20-29(26(30)31-27)24-10-6-3-7-11-24/h2-13,18H,14-17,19-20H2,1H3. The van der Waals surface area contributed by atoms with Gasteiger partial charge in [0.15, 0.2) is 0 Å². The summed E-state index contributed by atoms with van der Waals surface area (Å²) < 4.78 is 5.90. The normalized spacial score (nSPS) is 18.4. The van der Waals surface area contributed by atoms with Crippen LogP contribution in [0.2, 0.25) is 0 Å². The van der Waals surface area contributed by atoms with E-state index in [1.54, 1.807) is 4.90 Å². The molecule has 1 spiro atoms. The molecule has 4 heteroatoms. The molecular formula is C27H28N2O2. The predicted molar refractivity (Wildman–Crippen MR) is 124 cm³/mol. The number of aryl methyl sites for hydroxylation is 1. The van der Waals surface area contributed by atoms with Gasteiger partial charge < -0.3 is 4.74 Å². The predicted octanol–water partition coefficient (Wildman–Crippen LogP) is 5.65. The average Bonchev–Trinajstić information content (AvgIpc) is 3.12. The van der Waals surface area contributed by atoms with Crippen molar-refractivity contribution in [3.05, 3.63) is 90.0 Å². The van der Waals surface area contributed by atoms with Crippen molar-refractivity contribution in [2.45, 2.75) is 31.9 Å². The number of anilines is 1. The number of carbonyl (C=O) groups is 1. The van der Waals surface area contributed by atoms with Crippen LogP contribution in [0.4, 0.5) is 10.5 Å². The van der Waals surface area contributed by atoms with Crippen LogP contribution in [-0.2, 0) is 11.3 Å². The van der Waals surface area contributed by atoms with Gasteiger partial charge in [-0.1, -0.05) is 66.7 Å². The molecule has 0 saturated carbocycles. The van der Waals surface area contributed by atoms with E-state index in [-0.39, 0.29) is 11.7 Å². The van der Waals surface area contributed by atoms with Gasteiger partial charge >= 0.3 is 6.09 Å². The molecule has 31 heavy (non-hydrogen) atoms. The highest BCUT2D eigenvalue weighted by molar-refractivity contribution is 5.90. The number of nitrogens with zero attached hydrogens (tertiary/aromatic N) is 2. The van der Waals surface area contributed by atoms with Crippen molar-refractivity contribution in [1.82, 2.24) is 4.90 Å². The van der Waals surface area contributed by atoms with Crippen LogP contribution in [0.5, 0.6) is 0 Å². The molecule has 1 amide bonds. The van der Waals surface area contributed by atoms with Crippen LogP contribution in [0.3, 0.4) is 0 Å². The van der Waals surface area contributed by atoms with Crippen LogP contribution in [0.15, 0.2) is 78.9 Å². The van der Waals surface area contributed by atoms with Gasteiger partial charge in [-0.3, -0.25) is 9.80 Å². The molecule has 2 saturated heterocycles. The maximum Gasteiger partial charge on any atom is 0.415 e. The molecule has 3 aromatic rings. The quantitative estimate of drug-likeness (QED) is 0.555. The molecule has 2 heterocycles. The Kier molecular flexibility index (Phi) is 5.24. The number of piperidine rings is 1. The Labute approximate surface area is 184 Å². The zero-order chi connectivity index (χ0) is 21.3. The summed E-state index contributed by atoms with van der Waals surface area (Å²) in [5.41, 5.74) is 5.76. The van der Waals surface area contributed by atoms with Gasteiger partial charge in [-0.15, -0.1) is 0 Å². The minimum absolute atomic E-state index is 0.216.